The molecular weight excluding hydrogens is 402 g/mol. The number of non-ortho nitro benzene ring substituents is 1. The van der Waals surface area contributed by atoms with Crippen LogP contribution in [0.3, 0.4) is 0 Å². The van der Waals surface area contributed by atoms with E-state index in [4.69, 9.17) is 0 Å². The molecule has 0 saturated heterocycles. The normalized spacial score (nSPS) is 10.4. The highest BCUT2D eigenvalue weighted by atomic mass is 32.1. The second kappa shape index (κ2) is 8.50. The molecule has 0 radical (unpaired) electrons. The third-order valence-corrected chi connectivity index (χ3v) is 4.95. The van der Waals surface area contributed by atoms with Crippen molar-refractivity contribution in [2.24, 2.45) is 0 Å². The Balaban J connectivity index is 1.41. The number of carbonyl (C=O) groups excluding carboxylic acids is 1. The van der Waals surface area contributed by atoms with Crippen LogP contribution >= 0.6 is 11.3 Å². The van der Waals surface area contributed by atoms with Crippen LogP contribution in [0.1, 0.15) is 10.4 Å². The van der Waals surface area contributed by atoms with Gasteiger partial charge < -0.3 is 10.6 Å². The zero-order valence-corrected chi connectivity index (χ0v) is 16.3. The highest BCUT2D eigenvalue weighted by molar-refractivity contribution is 7.14. The molecule has 1 amide bonds. The standard InChI is InChI=1S/C21H15N5O3S/c27-20(15-2-1-3-18(12-15)26(28)29)23-16-4-6-17(7-5-16)24-21-25-19(13-30-21)14-8-10-22-11-9-14/h1-13H,(H,23,27)(H,24,25). The summed E-state index contributed by atoms with van der Waals surface area (Å²) in [6, 6.07) is 16.5. The SMILES string of the molecule is O=C(Nc1ccc(Nc2nc(-c3ccncc3)cs2)cc1)c1cccc([N+](=O)[O-])c1. The number of thiazole rings is 1. The summed E-state index contributed by atoms with van der Waals surface area (Å²) < 4.78 is 0. The molecule has 148 valence electrons. The number of benzene rings is 2. The predicted octanol–water partition coefficient (Wildman–Crippen LogP) is 5.11. The number of nitro groups is 1. The minimum Gasteiger partial charge on any atom is -0.332 e. The summed E-state index contributed by atoms with van der Waals surface area (Å²) in [6.07, 6.45) is 3.45. The van der Waals surface area contributed by atoms with Gasteiger partial charge in [-0.3, -0.25) is 19.9 Å². The van der Waals surface area contributed by atoms with Gasteiger partial charge in [0.2, 0.25) is 0 Å². The molecule has 2 heterocycles. The lowest BCUT2D eigenvalue weighted by atomic mass is 10.2. The highest BCUT2D eigenvalue weighted by Crippen LogP contribution is 2.27. The molecule has 4 aromatic rings. The minimum atomic E-state index is -0.532. The molecule has 0 atom stereocenters. The predicted molar refractivity (Wildman–Crippen MR) is 116 cm³/mol. The van der Waals surface area contributed by atoms with E-state index < -0.39 is 10.8 Å². The van der Waals surface area contributed by atoms with Crippen LogP contribution < -0.4 is 10.6 Å². The van der Waals surface area contributed by atoms with Gasteiger partial charge in [-0.05, 0) is 42.5 Å². The fraction of sp³-hybridized carbons (Fsp3) is 0. The van der Waals surface area contributed by atoms with Gasteiger partial charge in [0, 0.05) is 52.4 Å². The van der Waals surface area contributed by atoms with E-state index in [1.165, 1.54) is 35.6 Å². The Labute approximate surface area is 175 Å². The molecule has 0 aliphatic heterocycles. The highest BCUT2D eigenvalue weighted by Gasteiger charge is 2.12. The van der Waals surface area contributed by atoms with Crippen molar-refractivity contribution in [3.05, 3.63) is 94.1 Å². The van der Waals surface area contributed by atoms with E-state index in [1.54, 1.807) is 24.5 Å². The number of nitro benzene ring substituents is 1. The Morgan fingerprint density at radius 3 is 2.47 bits per heavy atom. The molecular formula is C21H15N5O3S. The molecule has 0 aliphatic rings. The third-order valence-electron chi connectivity index (χ3n) is 4.19. The lowest BCUT2D eigenvalue weighted by Crippen LogP contribution is -2.12. The smallest absolute Gasteiger partial charge is 0.270 e. The van der Waals surface area contributed by atoms with E-state index in [0.717, 1.165) is 22.1 Å². The maximum absolute atomic E-state index is 12.3. The van der Waals surface area contributed by atoms with Gasteiger partial charge in [-0.1, -0.05) is 6.07 Å². The molecule has 0 fully saturated rings. The fourth-order valence-electron chi connectivity index (χ4n) is 2.71. The van der Waals surface area contributed by atoms with Gasteiger partial charge >= 0.3 is 0 Å². The number of hydrogen-bond acceptors (Lipinski definition) is 7. The zero-order chi connectivity index (χ0) is 20.9. The topological polar surface area (TPSA) is 110 Å². The van der Waals surface area contributed by atoms with Crippen molar-refractivity contribution >= 4 is 39.4 Å². The molecule has 0 spiro atoms. The van der Waals surface area contributed by atoms with Gasteiger partial charge in [0.15, 0.2) is 5.13 Å². The monoisotopic (exact) mass is 417 g/mol. The van der Waals surface area contributed by atoms with Crippen LogP contribution in [0.25, 0.3) is 11.3 Å². The minimum absolute atomic E-state index is 0.128. The Bertz CT molecular complexity index is 1190. The maximum atomic E-state index is 12.3. The van der Waals surface area contributed by atoms with Gasteiger partial charge in [-0.25, -0.2) is 4.98 Å². The summed E-state index contributed by atoms with van der Waals surface area (Å²) >= 11 is 1.49. The molecule has 2 aromatic heterocycles. The van der Waals surface area contributed by atoms with Gasteiger partial charge in [-0.2, -0.15) is 0 Å². The number of pyridine rings is 1. The third kappa shape index (κ3) is 4.47. The first-order valence-corrected chi connectivity index (χ1v) is 9.75. The number of nitrogens with one attached hydrogen (secondary N) is 2. The number of amides is 1. The molecule has 9 heteroatoms. The summed E-state index contributed by atoms with van der Waals surface area (Å²) in [5.74, 6) is -0.415. The Kier molecular flexibility index (Phi) is 5.44. The van der Waals surface area contributed by atoms with Crippen molar-refractivity contribution in [1.82, 2.24) is 9.97 Å². The molecule has 0 aliphatic carbocycles. The Morgan fingerprint density at radius 1 is 1.00 bits per heavy atom. The number of rotatable bonds is 6. The molecule has 2 N–H and O–H groups in total. The van der Waals surface area contributed by atoms with Crippen LogP contribution in [0.2, 0.25) is 0 Å². The maximum Gasteiger partial charge on any atom is 0.270 e. The molecule has 0 unspecified atom stereocenters. The first-order chi connectivity index (χ1) is 14.6. The van der Waals surface area contributed by atoms with Crippen LogP contribution in [0.15, 0.2) is 78.4 Å². The van der Waals surface area contributed by atoms with Crippen molar-refractivity contribution in [2.75, 3.05) is 10.6 Å². The van der Waals surface area contributed by atoms with Gasteiger partial charge in [0.05, 0.1) is 10.6 Å². The van der Waals surface area contributed by atoms with Crippen LogP contribution in [0.5, 0.6) is 0 Å². The summed E-state index contributed by atoms with van der Waals surface area (Å²) in [7, 11) is 0. The second-order valence-corrected chi connectivity index (χ2v) is 7.10. The van der Waals surface area contributed by atoms with Crippen molar-refractivity contribution in [3.63, 3.8) is 0 Å². The van der Waals surface area contributed by atoms with Crippen LogP contribution in [-0.2, 0) is 0 Å². The first-order valence-electron chi connectivity index (χ1n) is 8.87. The van der Waals surface area contributed by atoms with Crippen LogP contribution in [0, 0.1) is 10.1 Å². The largest absolute Gasteiger partial charge is 0.332 e. The first kappa shape index (κ1) is 19.2. The van der Waals surface area contributed by atoms with E-state index in [1.807, 2.05) is 29.6 Å². The lowest BCUT2D eigenvalue weighted by molar-refractivity contribution is -0.384. The van der Waals surface area contributed by atoms with E-state index in [-0.39, 0.29) is 11.3 Å². The van der Waals surface area contributed by atoms with Crippen molar-refractivity contribution < 1.29 is 9.72 Å². The van der Waals surface area contributed by atoms with E-state index in [0.29, 0.717) is 5.69 Å². The van der Waals surface area contributed by atoms with Crippen molar-refractivity contribution in [2.45, 2.75) is 0 Å². The van der Waals surface area contributed by atoms with Crippen molar-refractivity contribution in [3.8, 4) is 11.3 Å². The zero-order valence-electron chi connectivity index (χ0n) is 15.5. The lowest BCUT2D eigenvalue weighted by Gasteiger charge is -2.07. The Hall–Kier alpha value is -4.11. The number of hydrogen-bond donors (Lipinski definition) is 2. The van der Waals surface area contributed by atoms with E-state index in [9.17, 15) is 14.9 Å². The number of anilines is 3. The molecule has 4 rings (SSSR count). The second-order valence-electron chi connectivity index (χ2n) is 6.24. The summed E-state index contributed by atoms with van der Waals surface area (Å²) in [5, 5.41) is 19.5. The van der Waals surface area contributed by atoms with Crippen LogP contribution in [-0.4, -0.2) is 20.8 Å². The summed E-state index contributed by atoms with van der Waals surface area (Å²) in [5.41, 5.74) is 3.35. The molecule has 0 saturated carbocycles. The fourth-order valence-corrected chi connectivity index (χ4v) is 3.45. The molecule has 0 bridgehead atoms. The molecule has 2 aromatic carbocycles. The molecule has 30 heavy (non-hydrogen) atoms. The van der Waals surface area contributed by atoms with Crippen molar-refractivity contribution in [1.29, 1.82) is 0 Å². The Morgan fingerprint density at radius 2 is 1.73 bits per heavy atom. The number of carbonyl (C=O) groups is 1. The summed E-state index contributed by atoms with van der Waals surface area (Å²) in [6.45, 7) is 0. The van der Waals surface area contributed by atoms with Gasteiger partial charge in [0.1, 0.15) is 0 Å². The molecule has 8 nitrogen and oxygen atoms in total. The van der Waals surface area contributed by atoms with E-state index >= 15 is 0 Å². The van der Waals surface area contributed by atoms with Gasteiger partial charge in [0.25, 0.3) is 11.6 Å². The number of aromatic nitrogens is 2. The van der Waals surface area contributed by atoms with Gasteiger partial charge in [-0.15, -0.1) is 11.3 Å². The average Bonchev–Trinajstić information content (AvgIpc) is 3.24. The van der Waals surface area contributed by atoms with Crippen LogP contribution in [0.4, 0.5) is 22.2 Å². The summed E-state index contributed by atoms with van der Waals surface area (Å²) in [4.78, 5) is 31.2. The average molecular weight is 417 g/mol. The van der Waals surface area contributed by atoms with E-state index in [2.05, 4.69) is 20.6 Å². The quantitative estimate of drug-likeness (QED) is 0.333. The number of nitrogens with zero attached hydrogens (tertiary/aromatic N) is 3.